The van der Waals surface area contributed by atoms with Crippen LogP contribution in [0.25, 0.3) is 22.6 Å². The Hall–Kier alpha value is -3.55. The summed E-state index contributed by atoms with van der Waals surface area (Å²) in [5.41, 5.74) is 4.57. The van der Waals surface area contributed by atoms with Crippen molar-refractivity contribution < 1.29 is 0 Å². The van der Waals surface area contributed by atoms with E-state index < -0.39 is 0 Å². The maximum Gasteiger partial charge on any atom is 0.329 e. The van der Waals surface area contributed by atoms with Gasteiger partial charge in [0, 0.05) is 34.8 Å². The topological polar surface area (TPSA) is 94.3 Å². The molecule has 4 aromatic rings. The van der Waals surface area contributed by atoms with Gasteiger partial charge in [-0.05, 0) is 61.7 Å². The number of nitrogens with one attached hydrogen (secondary N) is 1. The highest BCUT2D eigenvalue weighted by atomic mass is 16.1. The van der Waals surface area contributed by atoms with Crippen molar-refractivity contribution in [1.29, 1.82) is 0 Å². The second-order valence-corrected chi connectivity index (χ2v) is 9.33. The zero-order valence-electron chi connectivity index (χ0n) is 19.7. The standard InChI is InChI=1S/C25H31N7O/c1-5-6-7-9-20-17-32(25(2,3)4)24(33)31(20)16-18-11-13-19(14-12-18)22-21(10-8-15-26-22)23-27-29-30-28-23/h8,10-15,17H,5-7,9,16H2,1-4H3,(H,27,28,29,30). The molecule has 8 heteroatoms. The molecule has 0 unspecified atom stereocenters. The second kappa shape index (κ2) is 9.52. The van der Waals surface area contributed by atoms with E-state index in [9.17, 15) is 4.79 Å². The number of nitrogens with zero attached hydrogens (tertiary/aromatic N) is 6. The van der Waals surface area contributed by atoms with Gasteiger partial charge in [0.2, 0.25) is 0 Å². The van der Waals surface area contributed by atoms with Crippen LogP contribution in [-0.2, 0) is 18.5 Å². The van der Waals surface area contributed by atoms with Crippen molar-refractivity contribution in [2.75, 3.05) is 0 Å². The van der Waals surface area contributed by atoms with Crippen molar-refractivity contribution in [2.24, 2.45) is 0 Å². The Kier molecular flexibility index (Phi) is 6.53. The first-order valence-corrected chi connectivity index (χ1v) is 11.5. The molecule has 3 heterocycles. The summed E-state index contributed by atoms with van der Waals surface area (Å²) >= 11 is 0. The second-order valence-electron chi connectivity index (χ2n) is 9.33. The number of imidazole rings is 1. The van der Waals surface area contributed by atoms with Crippen molar-refractivity contribution in [1.82, 2.24) is 34.7 Å². The lowest BCUT2D eigenvalue weighted by Gasteiger charge is -2.19. The molecule has 33 heavy (non-hydrogen) atoms. The Balaban J connectivity index is 1.63. The minimum Gasteiger partial charge on any atom is -0.294 e. The highest BCUT2D eigenvalue weighted by Gasteiger charge is 2.20. The summed E-state index contributed by atoms with van der Waals surface area (Å²) in [6, 6.07) is 12.0. The lowest BCUT2D eigenvalue weighted by molar-refractivity contribution is 0.380. The van der Waals surface area contributed by atoms with E-state index in [1.807, 2.05) is 39.6 Å². The van der Waals surface area contributed by atoms with Gasteiger partial charge in [-0.3, -0.25) is 14.1 Å². The predicted molar refractivity (Wildman–Crippen MR) is 129 cm³/mol. The van der Waals surface area contributed by atoms with Crippen LogP contribution >= 0.6 is 0 Å². The van der Waals surface area contributed by atoms with Crippen molar-refractivity contribution >= 4 is 0 Å². The fourth-order valence-electron chi connectivity index (χ4n) is 3.98. The average Bonchev–Trinajstić information content (AvgIpc) is 3.44. The average molecular weight is 446 g/mol. The van der Waals surface area contributed by atoms with Gasteiger partial charge in [0.05, 0.1) is 12.2 Å². The molecular formula is C25H31N7O. The fourth-order valence-corrected chi connectivity index (χ4v) is 3.98. The smallest absolute Gasteiger partial charge is 0.294 e. The Morgan fingerprint density at radius 3 is 2.52 bits per heavy atom. The number of hydrogen-bond acceptors (Lipinski definition) is 5. The van der Waals surface area contributed by atoms with E-state index in [1.165, 1.54) is 0 Å². The first-order chi connectivity index (χ1) is 15.9. The highest BCUT2D eigenvalue weighted by Crippen LogP contribution is 2.27. The quantitative estimate of drug-likeness (QED) is 0.405. The summed E-state index contributed by atoms with van der Waals surface area (Å²) in [5, 5.41) is 14.2. The Labute approximate surface area is 193 Å². The molecule has 0 bridgehead atoms. The summed E-state index contributed by atoms with van der Waals surface area (Å²) in [5.74, 6) is 0.578. The number of benzene rings is 1. The molecule has 0 saturated carbocycles. The summed E-state index contributed by atoms with van der Waals surface area (Å²) in [6.07, 6.45) is 8.11. The van der Waals surface area contributed by atoms with E-state index in [0.29, 0.717) is 12.4 Å². The number of unbranched alkanes of at least 4 members (excludes halogenated alkanes) is 2. The third-order valence-electron chi connectivity index (χ3n) is 5.80. The van der Waals surface area contributed by atoms with Crippen LogP contribution < -0.4 is 5.69 Å². The fraction of sp³-hybridized carbons (Fsp3) is 0.400. The third-order valence-corrected chi connectivity index (χ3v) is 5.80. The first kappa shape index (κ1) is 22.6. The van der Waals surface area contributed by atoms with Gasteiger partial charge in [0.25, 0.3) is 0 Å². The molecule has 0 radical (unpaired) electrons. The molecule has 3 aromatic heterocycles. The van der Waals surface area contributed by atoms with E-state index >= 15 is 0 Å². The van der Waals surface area contributed by atoms with Crippen molar-refractivity contribution in [3.8, 4) is 22.6 Å². The van der Waals surface area contributed by atoms with Crippen LogP contribution in [-0.4, -0.2) is 34.7 Å². The van der Waals surface area contributed by atoms with Gasteiger partial charge < -0.3 is 0 Å². The zero-order chi connectivity index (χ0) is 23.4. The van der Waals surface area contributed by atoms with Crippen LogP contribution in [0.5, 0.6) is 0 Å². The maximum atomic E-state index is 13.2. The van der Waals surface area contributed by atoms with Gasteiger partial charge in [-0.2, -0.15) is 0 Å². The van der Waals surface area contributed by atoms with Gasteiger partial charge in [0.15, 0.2) is 5.82 Å². The molecular weight excluding hydrogens is 414 g/mol. The van der Waals surface area contributed by atoms with Crippen molar-refractivity contribution in [3.05, 3.63) is 70.5 Å². The molecule has 1 aromatic carbocycles. The molecule has 0 spiro atoms. The van der Waals surface area contributed by atoms with Gasteiger partial charge in [-0.25, -0.2) is 9.89 Å². The summed E-state index contributed by atoms with van der Waals surface area (Å²) in [6.45, 7) is 8.94. The lowest BCUT2D eigenvalue weighted by atomic mass is 10.0. The molecule has 0 atom stereocenters. The minimum absolute atomic E-state index is 0.0444. The van der Waals surface area contributed by atoms with Crippen molar-refractivity contribution in [3.63, 3.8) is 0 Å². The molecule has 8 nitrogen and oxygen atoms in total. The maximum absolute atomic E-state index is 13.2. The molecule has 172 valence electrons. The van der Waals surface area contributed by atoms with Crippen LogP contribution in [0.1, 0.15) is 58.2 Å². The number of aromatic amines is 1. The molecule has 0 aliphatic carbocycles. The monoisotopic (exact) mass is 445 g/mol. The number of hydrogen-bond donors (Lipinski definition) is 1. The number of H-pyrrole nitrogens is 1. The summed E-state index contributed by atoms with van der Waals surface area (Å²) in [7, 11) is 0. The number of aryl methyl sites for hydroxylation is 1. The van der Waals surface area contributed by atoms with Crippen LogP contribution in [0.2, 0.25) is 0 Å². The van der Waals surface area contributed by atoms with Gasteiger partial charge in [0.1, 0.15) is 0 Å². The van der Waals surface area contributed by atoms with Gasteiger partial charge in [-0.15, -0.1) is 5.10 Å². The molecule has 0 amide bonds. The molecule has 1 N–H and O–H groups in total. The highest BCUT2D eigenvalue weighted by molar-refractivity contribution is 5.76. The summed E-state index contributed by atoms with van der Waals surface area (Å²) in [4.78, 5) is 17.8. The molecule has 0 aliphatic heterocycles. The minimum atomic E-state index is -0.253. The predicted octanol–water partition coefficient (Wildman–Crippen LogP) is 4.43. The Morgan fingerprint density at radius 1 is 1.06 bits per heavy atom. The zero-order valence-corrected chi connectivity index (χ0v) is 19.7. The van der Waals surface area contributed by atoms with Gasteiger partial charge in [-0.1, -0.05) is 44.0 Å². The number of pyridine rings is 1. The van der Waals surface area contributed by atoms with Crippen LogP contribution in [0, 0.1) is 0 Å². The first-order valence-electron chi connectivity index (χ1n) is 11.5. The third kappa shape index (κ3) is 4.94. The van der Waals surface area contributed by atoms with Crippen LogP contribution in [0.4, 0.5) is 0 Å². The largest absolute Gasteiger partial charge is 0.329 e. The molecule has 0 fully saturated rings. The summed E-state index contributed by atoms with van der Waals surface area (Å²) < 4.78 is 3.77. The number of aromatic nitrogens is 7. The molecule has 0 aliphatic rings. The van der Waals surface area contributed by atoms with E-state index in [2.05, 4.69) is 65.4 Å². The SMILES string of the molecule is CCCCCc1cn(C(C)(C)C)c(=O)n1Cc1ccc(-c2ncccc2-c2nnn[nH]2)cc1. The van der Waals surface area contributed by atoms with E-state index in [-0.39, 0.29) is 11.2 Å². The Morgan fingerprint density at radius 2 is 1.85 bits per heavy atom. The number of tetrazole rings is 1. The van der Waals surface area contributed by atoms with Crippen LogP contribution in [0.3, 0.4) is 0 Å². The normalized spacial score (nSPS) is 11.8. The van der Waals surface area contributed by atoms with Crippen LogP contribution in [0.15, 0.2) is 53.6 Å². The molecule has 0 saturated heterocycles. The lowest BCUT2D eigenvalue weighted by Crippen LogP contribution is -2.34. The van der Waals surface area contributed by atoms with E-state index in [1.54, 1.807) is 6.20 Å². The molecule has 4 rings (SSSR count). The van der Waals surface area contributed by atoms with Gasteiger partial charge >= 0.3 is 5.69 Å². The van der Waals surface area contributed by atoms with E-state index in [4.69, 9.17) is 0 Å². The van der Waals surface area contributed by atoms with Crippen molar-refractivity contribution in [2.45, 2.75) is 65.5 Å². The Bertz CT molecular complexity index is 1250. The van der Waals surface area contributed by atoms with E-state index in [0.717, 1.165) is 53.8 Å². The number of rotatable bonds is 8.